The third-order valence-corrected chi connectivity index (χ3v) is 6.32. The minimum absolute atomic E-state index is 0.0219. The molecule has 0 saturated carbocycles. The number of imidazole rings is 1. The second-order valence-corrected chi connectivity index (χ2v) is 7.85. The second-order valence-electron chi connectivity index (χ2n) is 6.96. The molecule has 1 fully saturated rings. The first kappa shape index (κ1) is 17.7. The van der Waals surface area contributed by atoms with E-state index in [0.717, 1.165) is 4.83 Å². The van der Waals surface area contributed by atoms with Crippen molar-refractivity contribution in [3.05, 3.63) is 34.9 Å². The van der Waals surface area contributed by atoms with Gasteiger partial charge in [0.05, 0.1) is 18.1 Å². The fourth-order valence-electron chi connectivity index (χ4n) is 4.19. The van der Waals surface area contributed by atoms with Crippen LogP contribution in [0.25, 0.3) is 4.83 Å². The van der Waals surface area contributed by atoms with Gasteiger partial charge in [-0.2, -0.15) is 4.40 Å². The average molecular weight is 391 g/mol. The number of carbonyl (C=O) groups excluding carboxylic acids is 1. The van der Waals surface area contributed by atoms with Gasteiger partial charge in [0.2, 0.25) is 10.7 Å². The summed E-state index contributed by atoms with van der Waals surface area (Å²) < 4.78 is 3.69. The number of aromatic nitrogens is 2. The Morgan fingerprint density at radius 2 is 2.26 bits per heavy atom. The number of fused-ring (bicyclic) bond motifs is 2. The standard InChI is InChI=1S/C17H18N4O5S/c1-8-11(4-19-5-12-20(7-19)10(3-18-26)6-27-12)15(17(24)25)21-14(8)13(9(2)22)16(21)23/h3,5-9,13-14,22H,4H2,1-2H3,(H-,24,25,26)/p+1/t8-,9+,13+,14+/m0/s1. The van der Waals surface area contributed by atoms with Crippen LogP contribution in [0.2, 0.25) is 0 Å². The lowest BCUT2D eigenvalue weighted by Crippen LogP contribution is -2.63. The van der Waals surface area contributed by atoms with E-state index in [9.17, 15) is 19.8 Å². The van der Waals surface area contributed by atoms with Gasteiger partial charge in [-0.25, -0.2) is 9.36 Å². The van der Waals surface area contributed by atoms with Crippen molar-refractivity contribution in [3.8, 4) is 0 Å². The molecule has 2 aliphatic heterocycles. The topological polar surface area (TPSA) is 119 Å². The molecule has 0 aliphatic carbocycles. The number of aliphatic hydroxyl groups is 1. The molecule has 9 nitrogen and oxygen atoms in total. The maximum Gasteiger partial charge on any atom is 0.352 e. The first-order valence-electron chi connectivity index (χ1n) is 8.48. The zero-order valence-corrected chi connectivity index (χ0v) is 15.5. The number of hydrogen-bond acceptors (Lipinski definition) is 6. The summed E-state index contributed by atoms with van der Waals surface area (Å²) in [4.78, 5) is 26.5. The molecule has 2 aliphatic rings. The van der Waals surface area contributed by atoms with Crippen LogP contribution in [-0.2, 0) is 16.1 Å². The molecule has 0 unspecified atom stereocenters. The Morgan fingerprint density at radius 3 is 2.89 bits per heavy atom. The van der Waals surface area contributed by atoms with Gasteiger partial charge in [-0.3, -0.25) is 4.79 Å². The van der Waals surface area contributed by atoms with E-state index in [1.807, 2.05) is 27.5 Å². The number of nitrogens with zero attached hydrogens (tertiary/aromatic N) is 4. The molecule has 2 aromatic rings. The van der Waals surface area contributed by atoms with Crippen molar-refractivity contribution in [1.82, 2.24) is 9.30 Å². The van der Waals surface area contributed by atoms with Crippen LogP contribution in [0.15, 0.2) is 34.3 Å². The SMILES string of the molecule is C[C@@H](O)[C@H]1C(=O)N2C(C(=O)O)=C(C[n+]3cc4scc(C=NO)n4c3)[C@H](C)[C@H]12. The second kappa shape index (κ2) is 6.17. The minimum atomic E-state index is -1.13. The highest BCUT2D eigenvalue weighted by Crippen LogP contribution is 2.47. The predicted molar refractivity (Wildman–Crippen MR) is 94.5 cm³/mol. The molecule has 0 bridgehead atoms. The van der Waals surface area contributed by atoms with Gasteiger partial charge in [0, 0.05) is 16.9 Å². The lowest BCUT2D eigenvalue weighted by molar-refractivity contribution is -0.688. The summed E-state index contributed by atoms with van der Waals surface area (Å²) in [5.74, 6) is -2.20. The normalized spacial score (nSPS) is 26.1. The summed E-state index contributed by atoms with van der Waals surface area (Å²) in [6, 6.07) is -0.319. The van der Waals surface area contributed by atoms with E-state index >= 15 is 0 Å². The molecule has 4 rings (SSSR count). The smallest absolute Gasteiger partial charge is 0.352 e. The van der Waals surface area contributed by atoms with E-state index in [1.165, 1.54) is 22.5 Å². The van der Waals surface area contributed by atoms with Crippen LogP contribution < -0.4 is 4.57 Å². The van der Waals surface area contributed by atoms with E-state index < -0.39 is 18.0 Å². The van der Waals surface area contributed by atoms with Gasteiger partial charge in [-0.05, 0) is 6.92 Å². The van der Waals surface area contributed by atoms with Crippen molar-refractivity contribution in [1.29, 1.82) is 0 Å². The lowest BCUT2D eigenvalue weighted by Gasteiger charge is -2.46. The van der Waals surface area contributed by atoms with Crippen molar-refractivity contribution in [2.75, 3.05) is 0 Å². The molecule has 2 aromatic heterocycles. The summed E-state index contributed by atoms with van der Waals surface area (Å²) in [6.07, 6.45) is 4.18. The van der Waals surface area contributed by atoms with Crippen molar-refractivity contribution < 1.29 is 29.6 Å². The predicted octanol–water partition coefficient (Wildman–Crippen LogP) is 0.293. The fraction of sp³-hybridized carbons (Fsp3) is 0.412. The number of carboxylic acids is 1. The Morgan fingerprint density at radius 1 is 1.52 bits per heavy atom. The van der Waals surface area contributed by atoms with Gasteiger partial charge in [-0.15, -0.1) is 0 Å². The Balaban J connectivity index is 1.70. The number of oxime groups is 1. The van der Waals surface area contributed by atoms with Crippen LogP contribution in [0.3, 0.4) is 0 Å². The molecule has 1 amide bonds. The molecule has 27 heavy (non-hydrogen) atoms. The monoisotopic (exact) mass is 391 g/mol. The molecule has 0 radical (unpaired) electrons. The number of carbonyl (C=O) groups is 2. The highest BCUT2D eigenvalue weighted by Gasteiger charge is 2.60. The Bertz CT molecular complexity index is 1000. The Hall–Kier alpha value is -2.72. The lowest BCUT2D eigenvalue weighted by atomic mass is 9.78. The van der Waals surface area contributed by atoms with Gasteiger partial charge in [0.15, 0.2) is 5.69 Å². The summed E-state index contributed by atoms with van der Waals surface area (Å²) >= 11 is 1.47. The average Bonchev–Trinajstić information content (AvgIpc) is 3.21. The highest BCUT2D eigenvalue weighted by atomic mass is 32.1. The molecule has 4 atom stereocenters. The van der Waals surface area contributed by atoms with Crippen LogP contribution in [-0.4, -0.2) is 55.0 Å². The van der Waals surface area contributed by atoms with E-state index in [0.29, 0.717) is 17.8 Å². The van der Waals surface area contributed by atoms with E-state index in [2.05, 4.69) is 5.16 Å². The van der Waals surface area contributed by atoms with Gasteiger partial charge >= 0.3 is 5.97 Å². The molecule has 10 heteroatoms. The first-order chi connectivity index (χ1) is 12.8. The van der Waals surface area contributed by atoms with Gasteiger partial charge in [0.1, 0.15) is 24.7 Å². The number of aliphatic hydroxyl groups excluding tert-OH is 1. The Kier molecular flexibility index (Phi) is 4.04. The van der Waals surface area contributed by atoms with Crippen LogP contribution in [0.5, 0.6) is 0 Å². The molecular weight excluding hydrogens is 372 g/mol. The molecular formula is C17H19N4O5S+. The zero-order valence-electron chi connectivity index (χ0n) is 14.7. The molecule has 1 saturated heterocycles. The third kappa shape index (κ3) is 2.47. The number of β-lactam (4-membered cyclic amide) rings is 1. The largest absolute Gasteiger partial charge is 0.477 e. The fourth-order valence-corrected chi connectivity index (χ4v) is 5.07. The van der Waals surface area contributed by atoms with Crippen LogP contribution in [0.1, 0.15) is 19.5 Å². The van der Waals surface area contributed by atoms with Gasteiger partial charge < -0.3 is 20.3 Å². The quantitative estimate of drug-likeness (QED) is 0.223. The number of thiazole rings is 1. The maximum absolute atomic E-state index is 12.4. The summed E-state index contributed by atoms with van der Waals surface area (Å²) in [7, 11) is 0. The molecule has 0 aromatic carbocycles. The number of carboxylic acid groups (broad SMARTS) is 1. The Labute approximate surface area is 158 Å². The van der Waals surface area contributed by atoms with Crippen molar-refractivity contribution in [2.24, 2.45) is 17.0 Å². The first-order valence-corrected chi connectivity index (χ1v) is 9.36. The van der Waals surface area contributed by atoms with Crippen LogP contribution >= 0.6 is 11.3 Å². The number of hydrogen-bond donors (Lipinski definition) is 3. The molecule has 0 spiro atoms. The van der Waals surface area contributed by atoms with Crippen molar-refractivity contribution >= 4 is 34.3 Å². The van der Waals surface area contributed by atoms with Crippen molar-refractivity contribution in [3.63, 3.8) is 0 Å². The summed E-state index contributed by atoms with van der Waals surface area (Å²) in [6.45, 7) is 3.78. The highest BCUT2D eigenvalue weighted by molar-refractivity contribution is 7.15. The maximum atomic E-state index is 12.4. The van der Waals surface area contributed by atoms with Crippen molar-refractivity contribution in [2.45, 2.75) is 32.5 Å². The van der Waals surface area contributed by atoms with Crippen LogP contribution in [0, 0.1) is 11.8 Å². The minimum Gasteiger partial charge on any atom is -0.477 e. The van der Waals surface area contributed by atoms with E-state index in [-0.39, 0.29) is 23.6 Å². The molecule has 142 valence electrons. The van der Waals surface area contributed by atoms with Crippen LogP contribution in [0.4, 0.5) is 0 Å². The zero-order chi connectivity index (χ0) is 19.5. The van der Waals surface area contributed by atoms with E-state index in [1.54, 1.807) is 13.3 Å². The number of rotatable bonds is 5. The number of aliphatic carboxylic acids is 1. The molecule has 4 heterocycles. The van der Waals surface area contributed by atoms with Gasteiger partial charge in [-0.1, -0.05) is 23.4 Å². The van der Waals surface area contributed by atoms with Gasteiger partial charge in [0.25, 0.3) is 6.33 Å². The molecule has 3 N–H and O–H groups in total. The summed E-state index contributed by atoms with van der Waals surface area (Å²) in [5.41, 5.74) is 1.38. The summed E-state index contributed by atoms with van der Waals surface area (Å²) in [5, 5.41) is 33.2. The number of amides is 1. The van der Waals surface area contributed by atoms with E-state index in [4.69, 9.17) is 5.21 Å². The third-order valence-electron chi connectivity index (χ3n) is 5.42.